The van der Waals surface area contributed by atoms with Gasteiger partial charge in [0.15, 0.2) is 11.5 Å². The molecule has 0 fully saturated rings. The monoisotopic (exact) mass is 415 g/mol. The van der Waals surface area contributed by atoms with Crippen LogP contribution in [0.4, 0.5) is 5.82 Å². The first-order chi connectivity index (χ1) is 12.6. The highest BCUT2D eigenvalue weighted by Crippen LogP contribution is 2.28. The highest BCUT2D eigenvalue weighted by Gasteiger charge is 2.13. The lowest BCUT2D eigenvalue weighted by molar-refractivity contribution is 0.102. The molecule has 0 saturated carbocycles. The number of aromatic nitrogens is 2. The first-order valence-electron chi connectivity index (χ1n) is 7.90. The molecule has 0 atom stereocenters. The van der Waals surface area contributed by atoms with Crippen molar-refractivity contribution in [1.29, 1.82) is 0 Å². The summed E-state index contributed by atoms with van der Waals surface area (Å²) in [5.41, 5.74) is 1.55. The molecule has 1 heterocycles. The number of ether oxygens (including phenoxy) is 2. The van der Waals surface area contributed by atoms with E-state index in [-0.39, 0.29) is 5.91 Å². The molecule has 0 bridgehead atoms. The number of nitrogens with one attached hydrogen (secondary N) is 1. The number of hydrogen-bond donors (Lipinski definition) is 1. The molecule has 0 saturated heterocycles. The molecule has 6 nitrogen and oxygen atoms in total. The fraction of sp³-hybridized carbons (Fsp3) is 0.158. The van der Waals surface area contributed by atoms with Crippen molar-refractivity contribution in [1.82, 2.24) is 9.78 Å². The van der Waals surface area contributed by atoms with E-state index in [0.717, 1.165) is 10.0 Å². The second-order valence-corrected chi connectivity index (χ2v) is 6.44. The zero-order chi connectivity index (χ0) is 18.5. The Balaban J connectivity index is 1.76. The van der Waals surface area contributed by atoms with Crippen molar-refractivity contribution >= 4 is 27.7 Å². The van der Waals surface area contributed by atoms with Crippen LogP contribution >= 0.6 is 15.9 Å². The molecule has 3 rings (SSSR count). The van der Waals surface area contributed by atoms with Crippen LogP contribution in [0.25, 0.3) is 0 Å². The predicted molar refractivity (Wildman–Crippen MR) is 103 cm³/mol. The van der Waals surface area contributed by atoms with Crippen molar-refractivity contribution in [2.24, 2.45) is 0 Å². The molecule has 1 N–H and O–H groups in total. The molecule has 0 radical (unpaired) electrons. The molecular weight excluding hydrogens is 398 g/mol. The van der Waals surface area contributed by atoms with Gasteiger partial charge in [0.25, 0.3) is 5.91 Å². The van der Waals surface area contributed by atoms with Gasteiger partial charge < -0.3 is 14.8 Å². The number of amides is 1. The molecule has 0 spiro atoms. The number of rotatable bonds is 6. The van der Waals surface area contributed by atoms with Crippen molar-refractivity contribution in [3.8, 4) is 11.5 Å². The second kappa shape index (κ2) is 8.05. The van der Waals surface area contributed by atoms with E-state index in [4.69, 9.17) is 9.47 Å². The minimum atomic E-state index is -0.247. The third kappa shape index (κ3) is 4.05. The molecule has 1 aromatic heterocycles. The zero-order valence-electron chi connectivity index (χ0n) is 14.4. The average molecular weight is 416 g/mol. The molecule has 0 aliphatic rings. The lowest BCUT2D eigenvalue weighted by Gasteiger charge is -2.11. The average Bonchev–Trinajstić information content (AvgIpc) is 3.09. The van der Waals surface area contributed by atoms with Crippen molar-refractivity contribution in [2.45, 2.75) is 6.54 Å². The fourth-order valence-electron chi connectivity index (χ4n) is 2.49. The van der Waals surface area contributed by atoms with Crippen molar-refractivity contribution in [3.05, 3.63) is 70.3 Å². The lowest BCUT2D eigenvalue weighted by atomic mass is 10.2. The van der Waals surface area contributed by atoms with Crippen LogP contribution in [0, 0.1) is 0 Å². The second-order valence-electron chi connectivity index (χ2n) is 5.52. The van der Waals surface area contributed by atoms with Crippen LogP contribution < -0.4 is 14.8 Å². The normalized spacial score (nSPS) is 10.4. The molecule has 3 aromatic rings. The van der Waals surface area contributed by atoms with E-state index >= 15 is 0 Å². The fourth-order valence-corrected chi connectivity index (χ4v) is 2.76. The summed E-state index contributed by atoms with van der Waals surface area (Å²) < 4.78 is 13.2. The highest BCUT2D eigenvalue weighted by molar-refractivity contribution is 9.10. The number of benzene rings is 2. The highest BCUT2D eigenvalue weighted by atomic mass is 79.9. The number of nitrogens with zero attached hydrogens (tertiary/aromatic N) is 2. The van der Waals surface area contributed by atoms with E-state index in [1.54, 1.807) is 42.3 Å². The summed E-state index contributed by atoms with van der Waals surface area (Å²) >= 11 is 3.42. The van der Waals surface area contributed by atoms with Gasteiger partial charge in [-0.05, 0) is 35.9 Å². The van der Waals surface area contributed by atoms with Crippen LogP contribution in [-0.2, 0) is 6.54 Å². The Kier molecular flexibility index (Phi) is 5.58. The number of hydrogen-bond acceptors (Lipinski definition) is 4. The van der Waals surface area contributed by atoms with Gasteiger partial charge in [-0.1, -0.05) is 28.1 Å². The minimum Gasteiger partial charge on any atom is -0.493 e. The van der Waals surface area contributed by atoms with Gasteiger partial charge in [-0.2, -0.15) is 5.10 Å². The van der Waals surface area contributed by atoms with E-state index in [2.05, 4.69) is 26.3 Å². The van der Waals surface area contributed by atoms with Crippen molar-refractivity contribution in [3.63, 3.8) is 0 Å². The van der Waals surface area contributed by atoms with Crippen LogP contribution in [0.2, 0.25) is 0 Å². The van der Waals surface area contributed by atoms with Gasteiger partial charge in [-0.25, -0.2) is 4.68 Å². The van der Waals surface area contributed by atoms with E-state index in [9.17, 15) is 4.79 Å². The van der Waals surface area contributed by atoms with Crippen LogP contribution in [0.5, 0.6) is 11.5 Å². The van der Waals surface area contributed by atoms with Crippen molar-refractivity contribution < 1.29 is 14.3 Å². The molecule has 7 heteroatoms. The van der Waals surface area contributed by atoms with Crippen LogP contribution in [0.1, 0.15) is 15.9 Å². The molecular formula is C19H18BrN3O3. The Morgan fingerprint density at radius 3 is 2.50 bits per heavy atom. The number of halogens is 1. The zero-order valence-corrected chi connectivity index (χ0v) is 16.0. The number of anilines is 1. The van der Waals surface area contributed by atoms with E-state index in [0.29, 0.717) is 29.4 Å². The van der Waals surface area contributed by atoms with E-state index in [1.807, 2.05) is 24.3 Å². The summed E-state index contributed by atoms with van der Waals surface area (Å²) in [7, 11) is 3.09. The van der Waals surface area contributed by atoms with Crippen LogP contribution in [0.3, 0.4) is 0 Å². The lowest BCUT2D eigenvalue weighted by Crippen LogP contribution is -2.16. The first kappa shape index (κ1) is 18.0. The Labute approximate surface area is 159 Å². The molecule has 26 heavy (non-hydrogen) atoms. The van der Waals surface area contributed by atoms with Gasteiger partial charge in [0.05, 0.1) is 27.0 Å². The molecule has 2 aromatic carbocycles. The van der Waals surface area contributed by atoms with Gasteiger partial charge in [0, 0.05) is 16.1 Å². The summed E-state index contributed by atoms with van der Waals surface area (Å²) in [4.78, 5) is 12.6. The summed E-state index contributed by atoms with van der Waals surface area (Å²) in [6.45, 7) is 0.557. The first-order valence-corrected chi connectivity index (χ1v) is 8.69. The SMILES string of the molecule is COc1ccc(C(=O)Nc2ccnn2Cc2ccc(Br)cc2)cc1OC. The smallest absolute Gasteiger partial charge is 0.256 e. The maximum Gasteiger partial charge on any atom is 0.256 e. The molecule has 0 aliphatic heterocycles. The van der Waals surface area contributed by atoms with Crippen molar-refractivity contribution in [2.75, 3.05) is 19.5 Å². The quantitative estimate of drug-likeness (QED) is 0.661. The Morgan fingerprint density at radius 1 is 1.08 bits per heavy atom. The number of carbonyl (C=O) groups excluding carboxylic acids is 1. The topological polar surface area (TPSA) is 65.4 Å². The largest absolute Gasteiger partial charge is 0.493 e. The molecule has 0 aliphatic carbocycles. The molecule has 134 valence electrons. The van der Waals surface area contributed by atoms with E-state index < -0.39 is 0 Å². The standard InChI is InChI=1S/C19H18BrN3O3/c1-25-16-8-5-14(11-17(16)26-2)19(24)22-18-9-10-21-23(18)12-13-3-6-15(20)7-4-13/h3-11H,12H2,1-2H3,(H,22,24). The molecule has 1 amide bonds. The summed E-state index contributed by atoms with van der Waals surface area (Å²) in [5, 5.41) is 7.17. The van der Waals surface area contributed by atoms with Gasteiger partial charge in [0.1, 0.15) is 5.82 Å². The maximum atomic E-state index is 12.6. The predicted octanol–water partition coefficient (Wildman–Crippen LogP) is 3.96. The third-order valence-corrected chi connectivity index (χ3v) is 4.38. The number of carbonyl (C=O) groups is 1. The van der Waals surface area contributed by atoms with Crippen LogP contribution in [-0.4, -0.2) is 29.9 Å². The summed E-state index contributed by atoms with van der Waals surface area (Å²) in [5.74, 6) is 1.45. The summed E-state index contributed by atoms with van der Waals surface area (Å²) in [6, 6.07) is 14.7. The van der Waals surface area contributed by atoms with Gasteiger partial charge in [-0.3, -0.25) is 4.79 Å². The van der Waals surface area contributed by atoms with E-state index in [1.165, 1.54) is 7.11 Å². The van der Waals surface area contributed by atoms with Gasteiger partial charge >= 0.3 is 0 Å². The Morgan fingerprint density at radius 2 is 1.81 bits per heavy atom. The Bertz CT molecular complexity index is 907. The Hall–Kier alpha value is -2.80. The van der Waals surface area contributed by atoms with Crippen LogP contribution in [0.15, 0.2) is 59.2 Å². The van der Waals surface area contributed by atoms with Gasteiger partial charge in [-0.15, -0.1) is 0 Å². The number of methoxy groups -OCH3 is 2. The molecule has 0 unspecified atom stereocenters. The maximum absolute atomic E-state index is 12.6. The van der Waals surface area contributed by atoms with Gasteiger partial charge in [0.2, 0.25) is 0 Å². The summed E-state index contributed by atoms with van der Waals surface area (Å²) in [6.07, 6.45) is 1.66. The third-order valence-electron chi connectivity index (χ3n) is 3.85. The minimum absolute atomic E-state index is 0.247.